The minimum absolute atomic E-state index is 0.261. The molecule has 0 fully saturated rings. The molecule has 2 rings (SSSR count). The van der Waals surface area contributed by atoms with Gasteiger partial charge >= 0.3 is 0 Å². The first-order chi connectivity index (χ1) is 8.69. The lowest BCUT2D eigenvalue weighted by Crippen LogP contribution is -2.03. The highest BCUT2D eigenvalue weighted by molar-refractivity contribution is 5.37. The summed E-state index contributed by atoms with van der Waals surface area (Å²) in [5.74, 6) is 1.08. The lowest BCUT2D eigenvalue weighted by molar-refractivity contribution is 0.303. The fourth-order valence-corrected chi connectivity index (χ4v) is 1.76. The third-order valence-electron chi connectivity index (χ3n) is 2.77. The molecule has 0 unspecified atom stereocenters. The molecule has 0 bridgehead atoms. The number of hydrogen-bond donors (Lipinski definition) is 2. The van der Waals surface area contributed by atoms with Crippen LogP contribution in [0.25, 0.3) is 0 Å². The van der Waals surface area contributed by atoms with Crippen molar-refractivity contribution in [3.63, 3.8) is 0 Å². The first-order valence-corrected chi connectivity index (χ1v) is 5.89. The molecule has 3 nitrogen and oxygen atoms in total. The average Bonchev–Trinajstić information content (AvgIpc) is 2.39. The molecule has 94 valence electrons. The van der Waals surface area contributed by atoms with Gasteiger partial charge in [-0.3, -0.25) is 0 Å². The van der Waals surface area contributed by atoms with E-state index in [1.807, 2.05) is 37.3 Å². The minimum atomic E-state index is 0.261. The van der Waals surface area contributed by atoms with E-state index in [-0.39, 0.29) is 5.75 Å². The van der Waals surface area contributed by atoms with Gasteiger partial charge in [0.05, 0.1) is 0 Å². The Morgan fingerprint density at radius 3 is 2.50 bits per heavy atom. The number of benzene rings is 2. The van der Waals surface area contributed by atoms with Gasteiger partial charge in [0.25, 0.3) is 0 Å². The molecule has 0 spiro atoms. The van der Waals surface area contributed by atoms with Gasteiger partial charge in [-0.15, -0.1) is 0 Å². The first kappa shape index (κ1) is 12.5. The van der Waals surface area contributed by atoms with Gasteiger partial charge in [-0.1, -0.05) is 29.8 Å². The van der Waals surface area contributed by atoms with Gasteiger partial charge in [-0.25, -0.2) is 0 Å². The van der Waals surface area contributed by atoms with Crippen LogP contribution < -0.4 is 10.5 Å². The molecule has 2 aromatic rings. The number of hydrogen-bond acceptors (Lipinski definition) is 3. The van der Waals surface area contributed by atoms with Crippen LogP contribution in [0.15, 0.2) is 42.5 Å². The summed E-state index contributed by atoms with van der Waals surface area (Å²) in [4.78, 5) is 0. The number of nitrogens with two attached hydrogens (primary N) is 1. The summed E-state index contributed by atoms with van der Waals surface area (Å²) in [5.41, 5.74) is 8.89. The molecule has 0 saturated heterocycles. The lowest BCUT2D eigenvalue weighted by Gasteiger charge is -2.11. The van der Waals surface area contributed by atoms with Crippen LogP contribution in [0.1, 0.15) is 16.7 Å². The van der Waals surface area contributed by atoms with Crippen molar-refractivity contribution in [1.29, 1.82) is 0 Å². The predicted molar refractivity (Wildman–Crippen MR) is 71.5 cm³/mol. The van der Waals surface area contributed by atoms with E-state index in [0.717, 1.165) is 16.9 Å². The molecule has 0 heterocycles. The van der Waals surface area contributed by atoms with E-state index < -0.39 is 0 Å². The standard InChI is InChI=1S/C15H17NO2/c1-11-2-7-15(13(8-11)9-16)18-10-12-3-5-14(17)6-4-12/h2-8,17H,9-10,16H2,1H3. The molecule has 2 aromatic carbocycles. The Labute approximate surface area is 107 Å². The molecule has 0 amide bonds. The van der Waals surface area contributed by atoms with Crippen LogP contribution in [0.3, 0.4) is 0 Å². The largest absolute Gasteiger partial charge is 0.508 e. The van der Waals surface area contributed by atoms with Crippen molar-refractivity contribution >= 4 is 0 Å². The van der Waals surface area contributed by atoms with Crippen LogP contribution >= 0.6 is 0 Å². The second kappa shape index (κ2) is 5.56. The zero-order chi connectivity index (χ0) is 13.0. The molecule has 0 atom stereocenters. The minimum Gasteiger partial charge on any atom is -0.508 e. The van der Waals surface area contributed by atoms with Crippen LogP contribution in [-0.2, 0) is 13.2 Å². The van der Waals surface area contributed by atoms with E-state index in [4.69, 9.17) is 10.5 Å². The number of rotatable bonds is 4. The summed E-state index contributed by atoms with van der Waals surface area (Å²) in [5, 5.41) is 9.20. The molecule has 3 N–H and O–H groups in total. The van der Waals surface area contributed by atoms with Gasteiger partial charge < -0.3 is 15.6 Å². The number of phenolic OH excluding ortho intramolecular Hbond substituents is 1. The van der Waals surface area contributed by atoms with Crippen molar-refractivity contribution in [2.75, 3.05) is 0 Å². The van der Waals surface area contributed by atoms with E-state index in [1.54, 1.807) is 12.1 Å². The van der Waals surface area contributed by atoms with Crippen molar-refractivity contribution in [1.82, 2.24) is 0 Å². The fourth-order valence-electron chi connectivity index (χ4n) is 1.76. The molecular weight excluding hydrogens is 226 g/mol. The van der Waals surface area contributed by atoms with Gasteiger partial charge in [0, 0.05) is 12.1 Å². The summed E-state index contributed by atoms with van der Waals surface area (Å²) in [6.07, 6.45) is 0. The maximum atomic E-state index is 9.20. The van der Waals surface area contributed by atoms with Crippen LogP contribution in [-0.4, -0.2) is 5.11 Å². The van der Waals surface area contributed by atoms with Gasteiger partial charge in [0.1, 0.15) is 18.1 Å². The summed E-state index contributed by atoms with van der Waals surface area (Å²) in [7, 11) is 0. The van der Waals surface area contributed by atoms with E-state index in [1.165, 1.54) is 5.56 Å². The highest BCUT2D eigenvalue weighted by Crippen LogP contribution is 2.21. The zero-order valence-corrected chi connectivity index (χ0v) is 10.4. The van der Waals surface area contributed by atoms with E-state index in [9.17, 15) is 5.11 Å². The van der Waals surface area contributed by atoms with Crippen LogP contribution in [0.2, 0.25) is 0 Å². The third kappa shape index (κ3) is 3.02. The lowest BCUT2D eigenvalue weighted by atomic mass is 10.1. The van der Waals surface area contributed by atoms with Gasteiger partial charge in [-0.05, 0) is 30.7 Å². The fraction of sp³-hybridized carbons (Fsp3) is 0.200. The Morgan fingerprint density at radius 1 is 1.11 bits per heavy atom. The molecular formula is C15H17NO2. The molecule has 3 heteroatoms. The monoisotopic (exact) mass is 243 g/mol. The molecule has 0 aliphatic carbocycles. The maximum Gasteiger partial charge on any atom is 0.124 e. The number of aromatic hydroxyl groups is 1. The smallest absolute Gasteiger partial charge is 0.124 e. The van der Waals surface area contributed by atoms with E-state index in [2.05, 4.69) is 0 Å². The second-order valence-electron chi connectivity index (χ2n) is 4.27. The highest BCUT2D eigenvalue weighted by Gasteiger charge is 2.03. The maximum absolute atomic E-state index is 9.20. The first-order valence-electron chi connectivity index (χ1n) is 5.89. The van der Waals surface area contributed by atoms with Crippen molar-refractivity contribution in [3.8, 4) is 11.5 Å². The quantitative estimate of drug-likeness (QED) is 0.868. The Balaban J connectivity index is 2.08. The number of aryl methyl sites for hydroxylation is 1. The Kier molecular flexibility index (Phi) is 3.85. The van der Waals surface area contributed by atoms with Gasteiger partial charge in [0.2, 0.25) is 0 Å². The summed E-state index contributed by atoms with van der Waals surface area (Å²) in [6.45, 7) is 2.96. The Hall–Kier alpha value is -2.00. The third-order valence-corrected chi connectivity index (χ3v) is 2.77. The molecule has 0 aromatic heterocycles. The molecule has 0 aliphatic heterocycles. The van der Waals surface area contributed by atoms with Crippen molar-refractivity contribution in [3.05, 3.63) is 59.2 Å². The van der Waals surface area contributed by atoms with Crippen LogP contribution in [0, 0.1) is 6.92 Å². The summed E-state index contributed by atoms with van der Waals surface area (Å²) in [6, 6.07) is 13.0. The molecule has 18 heavy (non-hydrogen) atoms. The van der Waals surface area contributed by atoms with E-state index >= 15 is 0 Å². The molecule has 0 aliphatic rings. The van der Waals surface area contributed by atoms with Crippen LogP contribution in [0.4, 0.5) is 0 Å². The van der Waals surface area contributed by atoms with Crippen molar-refractivity contribution in [2.24, 2.45) is 5.73 Å². The molecule has 0 saturated carbocycles. The summed E-state index contributed by atoms with van der Waals surface area (Å²) < 4.78 is 5.75. The number of phenols is 1. The van der Waals surface area contributed by atoms with Gasteiger partial charge in [0.15, 0.2) is 0 Å². The van der Waals surface area contributed by atoms with Crippen molar-refractivity contribution in [2.45, 2.75) is 20.1 Å². The van der Waals surface area contributed by atoms with Gasteiger partial charge in [-0.2, -0.15) is 0 Å². The topological polar surface area (TPSA) is 55.5 Å². The highest BCUT2D eigenvalue weighted by atomic mass is 16.5. The summed E-state index contributed by atoms with van der Waals surface area (Å²) >= 11 is 0. The molecule has 0 radical (unpaired) electrons. The predicted octanol–water partition coefficient (Wildman–Crippen LogP) is 2.74. The van der Waals surface area contributed by atoms with E-state index in [0.29, 0.717) is 13.2 Å². The second-order valence-corrected chi connectivity index (χ2v) is 4.27. The average molecular weight is 243 g/mol. The van der Waals surface area contributed by atoms with Crippen LogP contribution in [0.5, 0.6) is 11.5 Å². The normalized spacial score (nSPS) is 10.3. The Bertz CT molecular complexity index is 521. The SMILES string of the molecule is Cc1ccc(OCc2ccc(O)cc2)c(CN)c1. The zero-order valence-electron chi connectivity index (χ0n) is 10.4. The Morgan fingerprint density at radius 2 is 1.83 bits per heavy atom. The number of ether oxygens (including phenoxy) is 1. The van der Waals surface area contributed by atoms with Crippen molar-refractivity contribution < 1.29 is 9.84 Å².